The molecule has 3 rings (SSSR count). The quantitative estimate of drug-likeness (QED) is 0.894. The first-order chi connectivity index (χ1) is 10.6. The number of benzene rings is 1. The van der Waals surface area contributed by atoms with Crippen LogP contribution in [0.3, 0.4) is 0 Å². The average Bonchev–Trinajstić information content (AvgIpc) is 3.16. The van der Waals surface area contributed by atoms with E-state index in [0.29, 0.717) is 11.3 Å². The average molecular weight is 301 g/mol. The van der Waals surface area contributed by atoms with Gasteiger partial charge in [0.05, 0.1) is 17.2 Å². The van der Waals surface area contributed by atoms with Gasteiger partial charge in [0.25, 0.3) is 5.91 Å². The topological polar surface area (TPSA) is 83.7 Å². The third-order valence-corrected chi connectivity index (χ3v) is 4.35. The number of carbonyl (C=O) groups excluding carboxylic acids is 3. The molecular weight excluding hydrogens is 282 g/mol. The van der Waals surface area contributed by atoms with E-state index < -0.39 is 11.8 Å². The molecule has 2 N–H and O–H groups in total. The maximum absolute atomic E-state index is 12.6. The molecule has 6 heteroatoms. The molecule has 3 amide bonds. The third-order valence-electron chi connectivity index (χ3n) is 4.35. The van der Waals surface area contributed by atoms with Gasteiger partial charge >= 0.3 is 0 Å². The minimum Gasteiger partial charge on any atom is -0.369 e. The van der Waals surface area contributed by atoms with Gasteiger partial charge in [-0.15, -0.1) is 0 Å². The van der Waals surface area contributed by atoms with Gasteiger partial charge in [-0.1, -0.05) is 12.1 Å². The van der Waals surface area contributed by atoms with E-state index >= 15 is 0 Å². The maximum Gasteiger partial charge on any atom is 0.255 e. The lowest BCUT2D eigenvalue weighted by molar-refractivity contribution is -0.123. The number of anilines is 1. The molecule has 2 aliphatic heterocycles. The number of hydrogen-bond donors (Lipinski definition) is 1. The number of primary amides is 1. The fourth-order valence-corrected chi connectivity index (χ4v) is 3.11. The number of nitrogens with zero attached hydrogens (tertiary/aromatic N) is 2. The SMILES string of the molecule is NC(=O)C1CC(=O)N(c2ccccc2C(=O)N2CCCC2)C1. The summed E-state index contributed by atoms with van der Waals surface area (Å²) in [6, 6.07) is 7.07. The Bertz CT molecular complexity index is 623. The van der Waals surface area contributed by atoms with Crippen molar-refractivity contribution in [3.05, 3.63) is 29.8 Å². The Morgan fingerprint density at radius 2 is 1.82 bits per heavy atom. The van der Waals surface area contributed by atoms with Gasteiger partial charge in [-0.2, -0.15) is 0 Å². The van der Waals surface area contributed by atoms with Crippen molar-refractivity contribution in [2.24, 2.45) is 11.7 Å². The first kappa shape index (κ1) is 14.6. The van der Waals surface area contributed by atoms with E-state index in [-0.39, 0.29) is 24.8 Å². The minimum absolute atomic E-state index is 0.0524. The Morgan fingerprint density at radius 3 is 2.45 bits per heavy atom. The van der Waals surface area contributed by atoms with E-state index in [0.717, 1.165) is 25.9 Å². The van der Waals surface area contributed by atoms with E-state index in [1.54, 1.807) is 24.3 Å². The molecule has 2 heterocycles. The van der Waals surface area contributed by atoms with Crippen molar-refractivity contribution in [3.8, 4) is 0 Å². The third kappa shape index (κ3) is 2.56. The van der Waals surface area contributed by atoms with Gasteiger partial charge in [-0.3, -0.25) is 14.4 Å². The zero-order chi connectivity index (χ0) is 15.7. The molecule has 0 bridgehead atoms. The summed E-state index contributed by atoms with van der Waals surface area (Å²) in [6.45, 7) is 1.76. The standard InChI is InChI=1S/C16H19N3O3/c17-15(21)11-9-14(20)19(10-11)13-6-2-1-5-12(13)16(22)18-7-3-4-8-18/h1-2,5-6,11H,3-4,7-10H2,(H2,17,21). The molecule has 1 atom stereocenters. The second kappa shape index (κ2) is 5.79. The van der Waals surface area contributed by atoms with E-state index in [2.05, 4.69) is 0 Å². The van der Waals surface area contributed by atoms with E-state index in [1.807, 2.05) is 4.90 Å². The number of para-hydroxylation sites is 1. The van der Waals surface area contributed by atoms with Gasteiger partial charge in [-0.05, 0) is 25.0 Å². The number of likely N-dealkylation sites (tertiary alicyclic amines) is 1. The van der Waals surface area contributed by atoms with Crippen molar-refractivity contribution in [2.75, 3.05) is 24.5 Å². The van der Waals surface area contributed by atoms with Crippen LogP contribution < -0.4 is 10.6 Å². The van der Waals surface area contributed by atoms with Crippen molar-refractivity contribution in [1.82, 2.24) is 4.90 Å². The number of hydrogen-bond acceptors (Lipinski definition) is 3. The summed E-state index contributed by atoms with van der Waals surface area (Å²) in [7, 11) is 0. The molecule has 0 aromatic heterocycles. The predicted molar refractivity (Wildman–Crippen MR) is 81.2 cm³/mol. The van der Waals surface area contributed by atoms with Crippen LogP contribution in [0.15, 0.2) is 24.3 Å². The molecular formula is C16H19N3O3. The molecule has 0 saturated carbocycles. The molecule has 0 radical (unpaired) electrons. The molecule has 0 aliphatic carbocycles. The Balaban J connectivity index is 1.90. The van der Waals surface area contributed by atoms with Crippen LogP contribution in [0.2, 0.25) is 0 Å². The van der Waals surface area contributed by atoms with Gasteiger partial charge in [-0.25, -0.2) is 0 Å². The lowest BCUT2D eigenvalue weighted by atomic mass is 10.1. The summed E-state index contributed by atoms with van der Waals surface area (Å²) >= 11 is 0. The highest BCUT2D eigenvalue weighted by Gasteiger charge is 2.36. The van der Waals surface area contributed by atoms with Crippen molar-refractivity contribution in [3.63, 3.8) is 0 Å². The summed E-state index contributed by atoms with van der Waals surface area (Å²) < 4.78 is 0. The smallest absolute Gasteiger partial charge is 0.255 e. The molecule has 6 nitrogen and oxygen atoms in total. The molecule has 0 spiro atoms. The predicted octanol–water partition coefficient (Wildman–Crippen LogP) is 0.761. The Kier molecular flexibility index (Phi) is 3.83. The summed E-state index contributed by atoms with van der Waals surface area (Å²) in [6.07, 6.45) is 2.14. The fraction of sp³-hybridized carbons (Fsp3) is 0.438. The van der Waals surface area contributed by atoms with E-state index in [9.17, 15) is 14.4 Å². The molecule has 2 saturated heterocycles. The number of amides is 3. The first-order valence-corrected chi connectivity index (χ1v) is 7.56. The Hall–Kier alpha value is -2.37. The van der Waals surface area contributed by atoms with Crippen molar-refractivity contribution < 1.29 is 14.4 Å². The summed E-state index contributed by atoms with van der Waals surface area (Å²) in [4.78, 5) is 39.5. The summed E-state index contributed by atoms with van der Waals surface area (Å²) in [5.74, 6) is -1.17. The van der Waals surface area contributed by atoms with Crippen molar-refractivity contribution in [1.29, 1.82) is 0 Å². The van der Waals surface area contributed by atoms with Gasteiger partial charge < -0.3 is 15.5 Å². The van der Waals surface area contributed by atoms with Gasteiger partial charge in [0.1, 0.15) is 0 Å². The van der Waals surface area contributed by atoms with E-state index in [4.69, 9.17) is 5.73 Å². The maximum atomic E-state index is 12.6. The monoisotopic (exact) mass is 301 g/mol. The summed E-state index contributed by atoms with van der Waals surface area (Å²) in [5, 5.41) is 0. The molecule has 22 heavy (non-hydrogen) atoms. The lowest BCUT2D eigenvalue weighted by Crippen LogP contribution is -2.32. The molecule has 1 aromatic carbocycles. The second-order valence-corrected chi connectivity index (χ2v) is 5.82. The zero-order valence-electron chi connectivity index (χ0n) is 12.3. The first-order valence-electron chi connectivity index (χ1n) is 7.56. The van der Waals surface area contributed by atoms with Crippen LogP contribution in [-0.2, 0) is 9.59 Å². The second-order valence-electron chi connectivity index (χ2n) is 5.82. The molecule has 1 unspecified atom stereocenters. The Morgan fingerprint density at radius 1 is 1.14 bits per heavy atom. The lowest BCUT2D eigenvalue weighted by Gasteiger charge is -2.22. The number of carbonyl (C=O) groups is 3. The Labute approximate surface area is 128 Å². The number of nitrogens with two attached hydrogens (primary N) is 1. The summed E-state index contributed by atoms with van der Waals surface area (Å²) in [5.41, 5.74) is 6.40. The molecule has 116 valence electrons. The van der Waals surface area contributed by atoms with Crippen LogP contribution in [0.4, 0.5) is 5.69 Å². The fourth-order valence-electron chi connectivity index (χ4n) is 3.11. The largest absolute Gasteiger partial charge is 0.369 e. The zero-order valence-corrected chi connectivity index (χ0v) is 12.3. The highest BCUT2D eigenvalue weighted by molar-refractivity contribution is 6.07. The van der Waals surface area contributed by atoms with Gasteiger partial charge in [0.15, 0.2) is 0 Å². The van der Waals surface area contributed by atoms with Crippen LogP contribution in [-0.4, -0.2) is 42.3 Å². The van der Waals surface area contributed by atoms with Gasteiger partial charge in [0.2, 0.25) is 11.8 Å². The normalized spacial score (nSPS) is 21.5. The highest BCUT2D eigenvalue weighted by atomic mass is 16.2. The highest BCUT2D eigenvalue weighted by Crippen LogP contribution is 2.29. The minimum atomic E-state index is -0.484. The van der Waals surface area contributed by atoms with E-state index in [1.165, 1.54) is 4.90 Å². The molecule has 1 aromatic rings. The van der Waals surface area contributed by atoms with Crippen LogP contribution in [0.25, 0.3) is 0 Å². The van der Waals surface area contributed by atoms with Crippen molar-refractivity contribution >= 4 is 23.4 Å². The van der Waals surface area contributed by atoms with Crippen molar-refractivity contribution in [2.45, 2.75) is 19.3 Å². The van der Waals surface area contributed by atoms with Crippen LogP contribution in [0.5, 0.6) is 0 Å². The van der Waals surface area contributed by atoms with Gasteiger partial charge in [0, 0.05) is 26.1 Å². The number of rotatable bonds is 3. The van der Waals surface area contributed by atoms with Crippen LogP contribution >= 0.6 is 0 Å². The van der Waals surface area contributed by atoms with Crippen LogP contribution in [0.1, 0.15) is 29.6 Å². The van der Waals surface area contributed by atoms with Crippen LogP contribution in [0, 0.1) is 5.92 Å². The molecule has 2 aliphatic rings. The molecule has 2 fully saturated rings.